The van der Waals surface area contributed by atoms with E-state index in [1.165, 1.54) is 6.08 Å². The average molecular weight is 393 g/mol. The fourth-order valence-corrected chi connectivity index (χ4v) is 3.62. The molecule has 29 heavy (non-hydrogen) atoms. The number of pyridine rings is 1. The minimum absolute atomic E-state index is 0.215. The summed E-state index contributed by atoms with van der Waals surface area (Å²) < 4.78 is 5.22. The highest BCUT2D eigenvalue weighted by molar-refractivity contribution is 6.03. The Balaban J connectivity index is 2.10. The summed E-state index contributed by atoms with van der Waals surface area (Å²) in [5.41, 5.74) is 0.305. The number of nitrogens with zero attached hydrogens (tertiary/aromatic N) is 2. The van der Waals surface area contributed by atoms with Crippen molar-refractivity contribution in [3.8, 4) is 5.75 Å². The van der Waals surface area contributed by atoms with Crippen LogP contribution in [0, 0.1) is 0 Å². The number of hydrogen-bond donors (Lipinski definition) is 1. The highest BCUT2D eigenvalue weighted by Crippen LogP contribution is 2.41. The van der Waals surface area contributed by atoms with Gasteiger partial charge in [-0.05, 0) is 63.1 Å². The maximum atomic E-state index is 13.6. The number of carbonyl (C=O) groups excluding carboxylic acids is 2. The zero-order valence-corrected chi connectivity index (χ0v) is 17.5. The van der Waals surface area contributed by atoms with Crippen LogP contribution in [0.4, 0.5) is 0 Å². The predicted octanol–water partition coefficient (Wildman–Crippen LogP) is 3.19. The molecule has 2 aromatic rings. The molecule has 6 nitrogen and oxygen atoms in total. The molecule has 1 unspecified atom stereocenters. The number of nitrogens with one attached hydrogen (secondary N) is 1. The van der Waals surface area contributed by atoms with Gasteiger partial charge in [0, 0.05) is 24.4 Å². The van der Waals surface area contributed by atoms with Crippen LogP contribution < -0.4 is 10.1 Å². The Labute approximate surface area is 171 Å². The third kappa shape index (κ3) is 3.88. The van der Waals surface area contributed by atoms with Crippen LogP contribution in [-0.2, 0) is 21.7 Å². The number of hydrogen-bond acceptors (Lipinski definition) is 4. The second-order valence-electron chi connectivity index (χ2n) is 8.23. The standard InChI is InChI=1S/C23H27N3O3/c1-16-14-20(27)26(15-17-9-11-18(29-5)12-10-17)23(16,19-8-6-7-13-24-19)21(28)25-22(2,3)4/h6-14H,15H2,1-5H3,(H,25,28). The van der Waals surface area contributed by atoms with Crippen molar-refractivity contribution in [2.24, 2.45) is 0 Å². The zero-order chi connectivity index (χ0) is 21.2. The number of rotatable bonds is 5. The van der Waals surface area contributed by atoms with E-state index in [4.69, 9.17) is 4.74 Å². The molecular weight excluding hydrogens is 366 g/mol. The van der Waals surface area contributed by atoms with Crippen LogP contribution in [0.5, 0.6) is 5.75 Å². The number of benzene rings is 1. The lowest BCUT2D eigenvalue weighted by Crippen LogP contribution is -2.59. The minimum atomic E-state index is -1.30. The zero-order valence-electron chi connectivity index (χ0n) is 17.5. The van der Waals surface area contributed by atoms with Crippen LogP contribution in [0.2, 0.25) is 0 Å². The molecule has 0 fully saturated rings. The summed E-state index contributed by atoms with van der Waals surface area (Å²) >= 11 is 0. The fourth-order valence-electron chi connectivity index (χ4n) is 3.62. The molecule has 3 rings (SSSR count). The third-order valence-corrected chi connectivity index (χ3v) is 4.93. The molecule has 0 radical (unpaired) electrons. The quantitative estimate of drug-likeness (QED) is 0.847. The van der Waals surface area contributed by atoms with Crippen molar-refractivity contribution in [1.82, 2.24) is 15.2 Å². The number of aromatic nitrogens is 1. The molecule has 1 aliphatic heterocycles. The van der Waals surface area contributed by atoms with Crippen LogP contribution >= 0.6 is 0 Å². The van der Waals surface area contributed by atoms with Gasteiger partial charge in [-0.15, -0.1) is 0 Å². The maximum Gasteiger partial charge on any atom is 0.257 e. The number of ether oxygens (including phenoxy) is 1. The lowest BCUT2D eigenvalue weighted by atomic mass is 9.85. The first-order valence-electron chi connectivity index (χ1n) is 9.56. The summed E-state index contributed by atoms with van der Waals surface area (Å²) in [4.78, 5) is 32.7. The first-order chi connectivity index (χ1) is 13.7. The summed E-state index contributed by atoms with van der Waals surface area (Å²) in [6, 6.07) is 12.9. The van der Waals surface area contributed by atoms with Crippen molar-refractivity contribution >= 4 is 11.8 Å². The molecule has 6 heteroatoms. The molecule has 1 atom stereocenters. The van der Waals surface area contributed by atoms with E-state index < -0.39 is 11.1 Å². The van der Waals surface area contributed by atoms with Gasteiger partial charge in [0.15, 0.2) is 5.54 Å². The van der Waals surface area contributed by atoms with E-state index in [-0.39, 0.29) is 18.4 Å². The van der Waals surface area contributed by atoms with Crippen molar-refractivity contribution in [2.75, 3.05) is 7.11 Å². The van der Waals surface area contributed by atoms with Crippen molar-refractivity contribution in [1.29, 1.82) is 0 Å². The van der Waals surface area contributed by atoms with Crippen LogP contribution in [-0.4, -0.2) is 34.3 Å². The summed E-state index contributed by atoms with van der Waals surface area (Å²) in [6.45, 7) is 7.83. The molecule has 0 bridgehead atoms. The van der Waals surface area contributed by atoms with E-state index in [0.717, 1.165) is 11.3 Å². The summed E-state index contributed by atoms with van der Waals surface area (Å²) in [7, 11) is 1.61. The second-order valence-corrected chi connectivity index (χ2v) is 8.23. The van der Waals surface area contributed by atoms with Crippen molar-refractivity contribution < 1.29 is 14.3 Å². The normalized spacial score (nSPS) is 19.1. The Bertz CT molecular complexity index is 930. The lowest BCUT2D eigenvalue weighted by Gasteiger charge is -2.40. The van der Waals surface area contributed by atoms with Crippen molar-refractivity contribution in [3.63, 3.8) is 0 Å². The van der Waals surface area contributed by atoms with E-state index in [9.17, 15) is 9.59 Å². The minimum Gasteiger partial charge on any atom is -0.497 e. The Morgan fingerprint density at radius 1 is 1.17 bits per heavy atom. The van der Waals surface area contributed by atoms with E-state index in [1.54, 1.807) is 30.3 Å². The van der Waals surface area contributed by atoms with Gasteiger partial charge in [-0.3, -0.25) is 14.6 Å². The van der Waals surface area contributed by atoms with Gasteiger partial charge >= 0.3 is 0 Å². The SMILES string of the molecule is COc1ccc(CN2C(=O)C=C(C)C2(C(=O)NC(C)(C)C)c2ccccn2)cc1. The first-order valence-corrected chi connectivity index (χ1v) is 9.56. The molecule has 1 aromatic carbocycles. The number of carbonyl (C=O) groups is 2. The molecule has 152 valence electrons. The van der Waals surface area contributed by atoms with Crippen LogP contribution in [0.3, 0.4) is 0 Å². The Kier molecular flexibility index (Phi) is 5.46. The second kappa shape index (κ2) is 7.70. The molecule has 2 amide bonds. The highest BCUT2D eigenvalue weighted by atomic mass is 16.5. The van der Waals surface area contributed by atoms with E-state index in [0.29, 0.717) is 11.3 Å². The van der Waals surface area contributed by atoms with Gasteiger partial charge in [-0.2, -0.15) is 0 Å². The molecule has 1 aliphatic rings. The fraction of sp³-hybridized carbons (Fsp3) is 0.348. The molecule has 0 aliphatic carbocycles. The molecule has 1 N–H and O–H groups in total. The van der Waals surface area contributed by atoms with Gasteiger partial charge in [0.05, 0.1) is 12.8 Å². The summed E-state index contributed by atoms with van der Waals surface area (Å²) in [6.07, 6.45) is 3.17. The van der Waals surface area contributed by atoms with Crippen LogP contribution in [0.15, 0.2) is 60.3 Å². The Hall–Kier alpha value is -3.15. The smallest absolute Gasteiger partial charge is 0.257 e. The maximum absolute atomic E-state index is 13.6. The molecular formula is C23H27N3O3. The monoisotopic (exact) mass is 393 g/mol. The van der Waals surface area contributed by atoms with Gasteiger partial charge < -0.3 is 15.0 Å². The van der Waals surface area contributed by atoms with Crippen molar-refractivity contribution in [3.05, 3.63) is 71.6 Å². The summed E-state index contributed by atoms with van der Waals surface area (Å²) in [5.74, 6) is 0.252. The molecule has 0 saturated heterocycles. The van der Waals surface area contributed by atoms with Gasteiger partial charge in [0.25, 0.3) is 5.91 Å². The topological polar surface area (TPSA) is 71.5 Å². The molecule has 2 heterocycles. The largest absolute Gasteiger partial charge is 0.497 e. The third-order valence-electron chi connectivity index (χ3n) is 4.93. The van der Waals surface area contributed by atoms with E-state index >= 15 is 0 Å². The van der Waals surface area contributed by atoms with Crippen LogP contribution in [0.1, 0.15) is 39.0 Å². The summed E-state index contributed by atoms with van der Waals surface area (Å²) in [5, 5.41) is 3.05. The Morgan fingerprint density at radius 2 is 1.86 bits per heavy atom. The molecule has 0 spiro atoms. The molecule has 0 saturated carbocycles. The average Bonchev–Trinajstić information content (AvgIpc) is 2.92. The first kappa shape index (κ1) is 20.6. The number of methoxy groups -OCH3 is 1. The van der Waals surface area contributed by atoms with E-state index in [2.05, 4.69) is 10.3 Å². The van der Waals surface area contributed by atoms with E-state index in [1.807, 2.05) is 58.0 Å². The Morgan fingerprint density at radius 3 is 2.41 bits per heavy atom. The van der Waals surface area contributed by atoms with Crippen molar-refractivity contribution in [2.45, 2.75) is 45.3 Å². The number of amides is 2. The molecule has 1 aromatic heterocycles. The predicted molar refractivity (Wildman–Crippen MR) is 111 cm³/mol. The lowest BCUT2D eigenvalue weighted by molar-refractivity contribution is -0.142. The van der Waals surface area contributed by atoms with Gasteiger partial charge in [-0.25, -0.2) is 0 Å². The van der Waals surface area contributed by atoms with Gasteiger partial charge in [-0.1, -0.05) is 18.2 Å². The van der Waals surface area contributed by atoms with Gasteiger partial charge in [0.2, 0.25) is 5.91 Å². The highest BCUT2D eigenvalue weighted by Gasteiger charge is 2.54. The van der Waals surface area contributed by atoms with Crippen LogP contribution in [0.25, 0.3) is 0 Å². The van der Waals surface area contributed by atoms with Gasteiger partial charge in [0.1, 0.15) is 5.75 Å².